The van der Waals surface area contributed by atoms with Crippen LogP contribution in [0.4, 0.5) is 0 Å². The van der Waals surface area contributed by atoms with Gasteiger partial charge >= 0.3 is 5.00 Å². The van der Waals surface area contributed by atoms with E-state index in [1.54, 1.807) is 36.4 Å². The van der Waals surface area contributed by atoms with Crippen LogP contribution in [0.2, 0.25) is 0 Å². The van der Waals surface area contributed by atoms with Gasteiger partial charge in [0.15, 0.2) is 6.10 Å². The van der Waals surface area contributed by atoms with Crippen LogP contribution in [0, 0.1) is 17.0 Å². The maximum atomic E-state index is 11.6. The van der Waals surface area contributed by atoms with Gasteiger partial charge in [-0.25, -0.2) is 0 Å². The minimum atomic E-state index is -2.18. The van der Waals surface area contributed by atoms with Gasteiger partial charge in [0.1, 0.15) is 5.75 Å². The van der Waals surface area contributed by atoms with Crippen molar-refractivity contribution < 1.29 is 14.8 Å². The number of aryl methyl sites for hydroxylation is 1. The van der Waals surface area contributed by atoms with Crippen molar-refractivity contribution in [2.24, 2.45) is 0 Å². The van der Waals surface area contributed by atoms with Gasteiger partial charge in [-0.3, -0.25) is 10.1 Å². The van der Waals surface area contributed by atoms with E-state index in [4.69, 9.17) is 16.3 Å². The topological polar surface area (TPSA) is 72.6 Å². The predicted molar refractivity (Wildman–Crippen MR) is 81.5 cm³/mol. The Morgan fingerprint density at radius 2 is 1.86 bits per heavy atom. The molecule has 22 heavy (non-hydrogen) atoms. The molecule has 6 heteroatoms. The number of benzene rings is 2. The Bertz CT molecular complexity index is 718. The van der Waals surface area contributed by atoms with Crippen LogP contribution in [0.25, 0.3) is 0 Å². The molecule has 0 radical (unpaired) electrons. The zero-order valence-corrected chi connectivity index (χ0v) is 12.5. The van der Waals surface area contributed by atoms with Gasteiger partial charge in [0.05, 0.1) is 4.92 Å². The molecule has 2 aromatic rings. The third-order valence-corrected chi connectivity index (χ3v) is 4.41. The summed E-state index contributed by atoms with van der Waals surface area (Å²) in [6.45, 7) is 1.91. The van der Waals surface area contributed by atoms with Crippen LogP contribution < -0.4 is 4.74 Å². The van der Waals surface area contributed by atoms with Gasteiger partial charge < -0.3 is 9.84 Å². The molecule has 1 heterocycles. The van der Waals surface area contributed by atoms with E-state index < -0.39 is 22.1 Å². The molecule has 0 aromatic heterocycles. The average molecular weight is 320 g/mol. The Labute approximate surface area is 132 Å². The average Bonchev–Trinajstić information content (AvgIpc) is 2.51. The molecule has 0 spiro atoms. The highest BCUT2D eigenvalue weighted by molar-refractivity contribution is 6.23. The highest BCUT2D eigenvalue weighted by Gasteiger charge is 2.61. The molecule has 3 rings (SSSR count). The van der Waals surface area contributed by atoms with E-state index in [0.29, 0.717) is 16.9 Å². The molecule has 0 saturated carbocycles. The summed E-state index contributed by atoms with van der Waals surface area (Å²) in [5, 5.41) is 22.1. The van der Waals surface area contributed by atoms with Crippen molar-refractivity contribution in [3.05, 3.63) is 75.3 Å². The van der Waals surface area contributed by atoms with E-state index in [0.717, 1.165) is 5.56 Å². The first-order chi connectivity index (χ1) is 10.4. The van der Waals surface area contributed by atoms with E-state index in [1.165, 1.54) is 0 Å². The van der Waals surface area contributed by atoms with E-state index in [1.807, 2.05) is 19.1 Å². The maximum Gasteiger partial charge on any atom is 0.364 e. The number of ether oxygens (including phenoxy) is 1. The van der Waals surface area contributed by atoms with Crippen molar-refractivity contribution in [2.75, 3.05) is 0 Å². The lowest BCUT2D eigenvalue weighted by atomic mass is 9.89. The molecule has 0 saturated heterocycles. The van der Waals surface area contributed by atoms with Gasteiger partial charge in [-0.15, -0.1) is 0 Å². The molecular weight excluding hydrogens is 306 g/mol. The van der Waals surface area contributed by atoms with Crippen molar-refractivity contribution in [2.45, 2.75) is 24.1 Å². The fourth-order valence-corrected chi connectivity index (χ4v) is 2.91. The van der Waals surface area contributed by atoms with Gasteiger partial charge in [0, 0.05) is 11.1 Å². The second kappa shape index (κ2) is 5.26. The van der Waals surface area contributed by atoms with Crippen LogP contribution in [0.3, 0.4) is 0 Å². The van der Waals surface area contributed by atoms with Gasteiger partial charge in [-0.05, 0) is 24.6 Å². The molecule has 1 aliphatic heterocycles. The number of para-hydroxylation sites is 1. The molecule has 0 bridgehead atoms. The summed E-state index contributed by atoms with van der Waals surface area (Å²) in [5.41, 5.74) is 1.88. The smallest absolute Gasteiger partial charge is 0.364 e. The number of rotatable bonds is 2. The van der Waals surface area contributed by atoms with Crippen LogP contribution in [0.1, 0.15) is 28.9 Å². The zero-order chi connectivity index (χ0) is 15.9. The summed E-state index contributed by atoms with van der Waals surface area (Å²) in [4.78, 5) is 8.72. The standard InChI is InChI=1S/C16H14ClNO4/c1-10-6-8-11(9-7-10)15-16(17,18(20)21)14(19)12-4-2-3-5-13(12)22-15/h2-9,14-15,19H,1H3/t14-,15-,16+/m0/s1. The molecule has 5 nitrogen and oxygen atoms in total. The molecule has 3 atom stereocenters. The number of fused-ring (bicyclic) bond motifs is 1. The highest BCUT2D eigenvalue weighted by atomic mass is 35.5. The third-order valence-electron chi connectivity index (χ3n) is 3.87. The maximum absolute atomic E-state index is 11.6. The number of halogens is 1. The lowest BCUT2D eigenvalue weighted by Gasteiger charge is -2.37. The Morgan fingerprint density at radius 1 is 1.23 bits per heavy atom. The highest BCUT2D eigenvalue weighted by Crippen LogP contribution is 2.51. The SMILES string of the molecule is Cc1ccc([C@@H]2Oc3ccccc3[C@H](O)[C@@]2(Cl)[N+](=O)[O-])cc1. The van der Waals surface area contributed by atoms with Crippen LogP contribution >= 0.6 is 11.6 Å². The minimum absolute atomic E-state index is 0.317. The summed E-state index contributed by atoms with van der Waals surface area (Å²) in [6, 6.07) is 13.7. The van der Waals surface area contributed by atoms with E-state index in [9.17, 15) is 15.2 Å². The van der Waals surface area contributed by atoms with Crippen molar-refractivity contribution >= 4 is 11.6 Å². The Morgan fingerprint density at radius 3 is 2.50 bits per heavy atom. The largest absolute Gasteiger partial charge is 0.476 e. The molecule has 0 unspecified atom stereocenters. The normalized spacial score (nSPS) is 26.9. The Balaban J connectivity index is 2.15. The van der Waals surface area contributed by atoms with Gasteiger partial charge in [-0.1, -0.05) is 48.0 Å². The fraction of sp³-hybridized carbons (Fsp3) is 0.250. The summed E-state index contributed by atoms with van der Waals surface area (Å²) in [5.74, 6) is 0.402. The van der Waals surface area contributed by atoms with E-state index in [-0.39, 0.29) is 0 Å². The van der Waals surface area contributed by atoms with E-state index >= 15 is 0 Å². The first-order valence-electron chi connectivity index (χ1n) is 6.78. The molecule has 1 N–H and O–H groups in total. The van der Waals surface area contributed by atoms with Gasteiger partial charge in [0.25, 0.3) is 0 Å². The molecule has 0 fully saturated rings. The van der Waals surface area contributed by atoms with Gasteiger partial charge in [0.2, 0.25) is 6.10 Å². The van der Waals surface area contributed by atoms with Crippen LogP contribution in [0.15, 0.2) is 48.5 Å². The van der Waals surface area contributed by atoms with Crippen molar-refractivity contribution in [3.63, 3.8) is 0 Å². The number of nitro groups is 1. The van der Waals surface area contributed by atoms with Gasteiger partial charge in [-0.2, -0.15) is 0 Å². The molecule has 0 aliphatic carbocycles. The molecule has 114 valence electrons. The summed E-state index contributed by atoms with van der Waals surface area (Å²) in [7, 11) is 0. The Hall–Kier alpha value is -2.11. The van der Waals surface area contributed by atoms with E-state index in [2.05, 4.69) is 0 Å². The second-order valence-electron chi connectivity index (χ2n) is 5.33. The number of aliphatic hydroxyl groups is 1. The van der Waals surface area contributed by atoms with Crippen molar-refractivity contribution in [1.29, 1.82) is 0 Å². The third kappa shape index (κ3) is 2.14. The quantitative estimate of drug-likeness (QED) is 0.398. The van der Waals surface area contributed by atoms with Crippen LogP contribution in [-0.2, 0) is 0 Å². The lowest BCUT2D eigenvalue weighted by molar-refractivity contribution is -0.570. The number of hydrogen-bond acceptors (Lipinski definition) is 4. The van der Waals surface area contributed by atoms with Crippen LogP contribution in [-0.4, -0.2) is 15.0 Å². The molecule has 1 aliphatic rings. The van der Waals surface area contributed by atoms with Crippen molar-refractivity contribution in [1.82, 2.24) is 0 Å². The monoisotopic (exact) mass is 319 g/mol. The molecule has 0 amide bonds. The fourth-order valence-electron chi connectivity index (χ4n) is 2.62. The minimum Gasteiger partial charge on any atom is -0.476 e. The summed E-state index contributed by atoms with van der Waals surface area (Å²) in [6.07, 6.45) is -2.56. The number of alkyl halides is 1. The summed E-state index contributed by atoms with van der Waals surface area (Å²) < 4.78 is 5.77. The number of nitrogens with zero attached hydrogens (tertiary/aromatic N) is 1. The number of hydrogen-bond donors (Lipinski definition) is 1. The predicted octanol–water partition coefficient (Wildman–Crippen LogP) is 3.37. The lowest BCUT2D eigenvalue weighted by Crippen LogP contribution is -2.49. The summed E-state index contributed by atoms with van der Waals surface area (Å²) >= 11 is 6.25. The first-order valence-corrected chi connectivity index (χ1v) is 7.16. The van der Waals surface area contributed by atoms with Crippen LogP contribution in [0.5, 0.6) is 5.75 Å². The Kier molecular flexibility index (Phi) is 3.54. The second-order valence-corrected chi connectivity index (χ2v) is 5.94. The number of aliphatic hydroxyl groups excluding tert-OH is 1. The molecule has 2 aromatic carbocycles. The van der Waals surface area contributed by atoms with Crippen molar-refractivity contribution in [3.8, 4) is 5.75 Å². The first kappa shape index (κ1) is 14.8. The molecular formula is C16H14ClNO4. The zero-order valence-electron chi connectivity index (χ0n) is 11.8.